The first kappa shape index (κ1) is 10.4. The van der Waals surface area contributed by atoms with Crippen LogP contribution < -0.4 is 0 Å². The summed E-state index contributed by atoms with van der Waals surface area (Å²) >= 11 is 0. The van der Waals surface area contributed by atoms with Crippen molar-refractivity contribution >= 4 is 11.8 Å². The maximum atomic E-state index is 12.1. The molecule has 0 heterocycles. The first-order valence-electron chi connectivity index (χ1n) is 5.21. The molecule has 0 aromatic heterocycles. The van der Waals surface area contributed by atoms with Crippen LogP contribution in [0.15, 0.2) is 12.2 Å². The van der Waals surface area contributed by atoms with Crippen molar-refractivity contribution < 1.29 is 14.3 Å². The molecule has 3 nitrogen and oxygen atoms in total. The monoisotopic (exact) mass is 208 g/mol. The van der Waals surface area contributed by atoms with Crippen LogP contribution in [0.5, 0.6) is 0 Å². The Hall–Kier alpha value is -1.12. The molecule has 2 atom stereocenters. The number of ketones is 1. The van der Waals surface area contributed by atoms with E-state index in [1.807, 2.05) is 13.8 Å². The maximum absolute atomic E-state index is 12.1. The van der Waals surface area contributed by atoms with E-state index in [0.29, 0.717) is 12.0 Å². The topological polar surface area (TPSA) is 43.4 Å². The standard InChI is InChI=1S/C12H16O3/c1-7-8-5-6-12(9(7)13,10(14)15-4)11(8,2)3/h8H,1,5-6H2,2-4H3. The second kappa shape index (κ2) is 2.71. The highest BCUT2D eigenvalue weighted by atomic mass is 16.5. The second-order valence-electron chi connectivity index (χ2n) is 5.06. The van der Waals surface area contributed by atoms with Crippen molar-refractivity contribution in [2.45, 2.75) is 26.7 Å². The summed E-state index contributed by atoms with van der Waals surface area (Å²) in [6, 6.07) is 0. The van der Waals surface area contributed by atoms with Gasteiger partial charge in [-0.15, -0.1) is 0 Å². The van der Waals surface area contributed by atoms with Crippen molar-refractivity contribution in [2.24, 2.45) is 16.7 Å². The lowest BCUT2D eigenvalue weighted by Gasteiger charge is -2.32. The number of methoxy groups -OCH3 is 1. The first-order valence-corrected chi connectivity index (χ1v) is 5.21. The number of Topliss-reactive ketones (excluding diaryl/α,β-unsaturated/α-hetero) is 1. The highest BCUT2D eigenvalue weighted by molar-refractivity contribution is 6.16. The summed E-state index contributed by atoms with van der Waals surface area (Å²) in [6.45, 7) is 7.76. The van der Waals surface area contributed by atoms with Gasteiger partial charge in [0.05, 0.1) is 7.11 Å². The predicted molar refractivity (Wildman–Crippen MR) is 55.1 cm³/mol. The lowest BCUT2D eigenvalue weighted by Crippen LogP contribution is -2.44. The highest BCUT2D eigenvalue weighted by Crippen LogP contribution is 2.65. The summed E-state index contributed by atoms with van der Waals surface area (Å²) in [5.41, 5.74) is -0.686. The summed E-state index contributed by atoms with van der Waals surface area (Å²) in [7, 11) is 1.34. The smallest absolute Gasteiger partial charge is 0.320 e. The van der Waals surface area contributed by atoms with Crippen LogP contribution in [-0.2, 0) is 14.3 Å². The zero-order valence-corrected chi connectivity index (χ0v) is 9.42. The van der Waals surface area contributed by atoms with Crippen LogP contribution in [0.3, 0.4) is 0 Å². The van der Waals surface area contributed by atoms with Gasteiger partial charge >= 0.3 is 5.97 Å². The van der Waals surface area contributed by atoms with E-state index >= 15 is 0 Å². The molecule has 2 unspecified atom stereocenters. The van der Waals surface area contributed by atoms with Gasteiger partial charge in [-0.2, -0.15) is 0 Å². The molecule has 2 bridgehead atoms. The quantitative estimate of drug-likeness (QED) is 0.374. The largest absolute Gasteiger partial charge is 0.468 e. The number of ether oxygens (including phenoxy) is 1. The third kappa shape index (κ3) is 0.869. The number of hydrogen-bond acceptors (Lipinski definition) is 3. The highest BCUT2D eigenvalue weighted by Gasteiger charge is 2.70. The fraction of sp³-hybridized carbons (Fsp3) is 0.667. The van der Waals surface area contributed by atoms with Gasteiger partial charge in [-0.1, -0.05) is 20.4 Å². The van der Waals surface area contributed by atoms with Gasteiger partial charge in [-0.25, -0.2) is 0 Å². The third-order valence-electron chi connectivity index (χ3n) is 4.41. The van der Waals surface area contributed by atoms with Crippen molar-refractivity contribution in [1.29, 1.82) is 0 Å². The van der Waals surface area contributed by atoms with E-state index in [9.17, 15) is 9.59 Å². The van der Waals surface area contributed by atoms with Crippen molar-refractivity contribution in [1.82, 2.24) is 0 Å². The summed E-state index contributed by atoms with van der Waals surface area (Å²) < 4.78 is 4.81. The Balaban J connectivity index is 2.59. The molecule has 0 spiro atoms. The molecule has 2 aliphatic rings. The molecule has 0 aromatic rings. The Bertz CT molecular complexity index is 367. The van der Waals surface area contributed by atoms with Crippen LogP contribution in [-0.4, -0.2) is 18.9 Å². The average molecular weight is 208 g/mol. The number of fused-ring (bicyclic) bond motifs is 2. The summed E-state index contributed by atoms with van der Waals surface area (Å²) in [5.74, 6) is -0.349. The Morgan fingerprint density at radius 2 is 2.13 bits per heavy atom. The molecular formula is C12H16O3. The Morgan fingerprint density at radius 3 is 2.53 bits per heavy atom. The van der Waals surface area contributed by atoms with E-state index in [0.717, 1.165) is 6.42 Å². The van der Waals surface area contributed by atoms with E-state index in [-0.39, 0.29) is 17.1 Å². The van der Waals surface area contributed by atoms with Gasteiger partial charge in [0, 0.05) is 0 Å². The predicted octanol–water partition coefficient (Wildman–Crippen LogP) is 1.72. The molecule has 0 amide bonds. The maximum Gasteiger partial charge on any atom is 0.320 e. The van der Waals surface area contributed by atoms with Gasteiger partial charge in [-0.05, 0) is 29.7 Å². The van der Waals surface area contributed by atoms with Crippen molar-refractivity contribution in [3.05, 3.63) is 12.2 Å². The Labute approximate surface area is 89.5 Å². The van der Waals surface area contributed by atoms with Gasteiger partial charge in [0.25, 0.3) is 0 Å². The lowest BCUT2D eigenvalue weighted by atomic mass is 9.69. The zero-order valence-electron chi connectivity index (χ0n) is 9.42. The normalized spacial score (nSPS) is 37.1. The Kier molecular flexibility index (Phi) is 1.88. The summed E-state index contributed by atoms with van der Waals surface area (Å²) in [6.07, 6.45) is 1.47. The number of esters is 1. The molecule has 82 valence electrons. The zero-order chi connectivity index (χ0) is 11.4. The number of rotatable bonds is 1. The molecule has 2 fully saturated rings. The molecular weight excluding hydrogens is 192 g/mol. The fourth-order valence-electron chi connectivity index (χ4n) is 3.42. The van der Waals surface area contributed by atoms with Crippen LogP contribution >= 0.6 is 0 Å². The van der Waals surface area contributed by atoms with Gasteiger partial charge in [-0.3, -0.25) is 9.59 Å². The lowest BCUT2D eigenvalue weighted by molar-refractivity contribution is -0.161. The average Bonchev–Trinajstić information content (AvgIpc) is 2.53. The minimum absolute atomic E-state index is 0.101. The minimum Gasteiger partial charge on any atom is -0.468 e. The first-order chi connectivity index (χ1) is 6.89. The number of allylic oxidation sites excluding steroid dienone is 1. The van der Waals surface area contributed by atoms with Gasteiger partial charge in [0.2, 0.25) is 0 Å². The van der Waals surface area contributed by atoms with E-state index in [4.69, 9.17) is 4.74 Å². The molecule has 2 rings (SSSR count). The molecule has 2 saturated carbocycles. The van der Waals surface area contributed by atoms with E-state index in [2.05, 4.69) is 6.58 Å². The molecule has 0 saturated heterocycles. The minimum atomic E-state index is -0.955. The second-order valence-corrected chi connectivity index (χ2v) is 5.06. The SMILES string of the molecule is C=C1C(=O)C2(C(=O)OC)CCC1C2(C)C. The molecule has 0 aliphatic heterocycles. The molecule has 0 N–H and O–H groups in total. The van der Waals surface area contributed by atoms with Crippen LogP contribution in [0.1, 0.15) is 26.7 Å². The van der Waals surface area contributed by atoms with Gasteiger partial charge in [0.15, 0.2) is 5.78 Å². The molecule has 3 heteroatoms. The van der Waals surface area contributed by atoms with Crippen molar-refractivity contribution in [3.8, 4) is 0 Å². The van der Waals surface area contributed by atoms with E-state index in [1.165, 1.54) is 7.11 Å². The molecule has 0 aromatic carbocycles. The fourth-order valence-corrected chi connectivity index (χ4v) is 3.42. The number of hydrogen-bond donors (Lipinski definition) is 0. The number of carbonyl (C=O) groups excluding carboxylic acids is 2. The van der Waals surface area contributed by atoms with Crippen LogP contribution in [0.4, 0.5) is 0 Å². The van der Waals surface area contributed by atoms with Crippen molar-refractivity contribution in [3.63, 3.8) is 0 Å². The molecule has 0 radical (unpaired) electrons. The summed E-state index contributed by atoms with van der Waals surface area (Å²) in [5, 5.41) is 0. The van der Waals surface area contributed by atoms with Crippen LogP contribution in [0.25, 0.3) is 0 Å². The molecule has 15 heavy (non-hydrogen) atoms. The van der Waals surface area contributed by atoms with E-state index in [1.54, 1.807) is 0 Å². The van der Waals surface area contributed by atoms with Gasteiger partial charge in [0.1, 0.15) is 5.41 Å². The van der Waals surface area contributed by atoms with E-state index < -0.39 is 11.4 Å². The number of carbonyl (C=O) groups is 2. The third-order valence-corrected chi connectivity index (χ3v) is 4.41. The van der Waals surface area contributed by atoms with Crippen LogP contribution in [0.2, 0.25) is 0 Å². The van der Waals surface area contributed by atoms with Crippen molar-refractivity contribution in [2.75, 3.05) is 7.11 Å². The summed E-state index contributed by atoms with van der Waals surface area (Å²) in [4.78, 5) is 24.0. The Morgan fingerprint density at radius 1 is 1.53 bits per heavy atom. The van der Waals surface area contributed by atoms with Crippen LogP contribution in [0, 0.1) is 16.7 Å². The molecule has 2 aliphatic carbocycles. The van der Waals surface area contributed by atoms with Gasteiger partial charge < -0.3 is 4.74 Å².